The van der Waals surface area contributed by atoms with Crippen LogP contribution in [0.4, 0.5) is 0 Å². The van der Waals surface area contributed by atoms with Crippen molar-refractivity contribution in [1.82, 2.24) is 10.0 Å². The largest absolute Gasteiger partial charge is 0.242 e. The van der Waals surface area contributed by atoms with Gasteiger partial charge in [0.15, 0.2) is 0 Å². The van der Waals surface area contributed by atoms with Gasteiger partial charge in [0.25, 0.3) is 0 Å². The molecule has 4 heteroatoms. The lowest BCUT2D eigenvalue weighted by molar-refractivity contribution is -0.0308. The minimum Gasteiger partial charge on any atom is -0.242 e. The maximum atomic E-state index is 2.50. The van der Waals surface area contributed by atoms with E-state index in [1.165, 1.54) is 32.4 Å². The summed E-state index contributed by atoms with van der Waals surface area (Å²) in [5.74, 6) is 0. The standard InChI is InChI=1S/C9H20N2.2ClH/c1-3-10(4-2)11-8-6-5-7-9-11;;/h3-9H2,1-2H3;2*1H. The first kappa shape index (κ1) is 15.9. The minimum absolute atomic E-state index is 0. The smallest absolute Gasteiger partial charge is 0.0133 e. The first-order valence-electron chi connectivity index (χ1n) is 4.88. The lowest BCUT2D eigenvalue weighted by atomic mass is 10.2. The summed E-state index contributed by atoms with van der Waals surface area (Å²) < 4.78 is 0. The molecule has 0 amide bonds. The van der Waals surface area contributed by atoms with Crippen molar-refractivity contribution in [1.29, 1.82) is 0 Å². The van der Waals surface area contributed by atoms with Gasteiger partial charge in [0.05, 0.1) is 0 Å². The Morgan fingerprint density at radius 2 is 1.38 bits per heavy atom. The average Bonchev–Trinajstić information content (AvgIpc) is 2.09. The van der Waals surface area contributed by atoms with Crippen LogP contribution in [0.2, 0.25) is 0 Å². The molecule has 1 aliphatic heterocycles. The van der Waals surface area contributed by atoms with Crippen molar-refractivity contribution in [2.75, 3.05) is 26.2 Å². The number of hydrogen-bond acceptors (Lipinski definition) is 2. The van der Waals surface area contributed by atoms with Crippen molar-refractivity contribution < 1.29 is 0 Å². The molecule has 82 valence electrons. The first-order valence-corrected chi connectivity index (χ1v) is 4.88. The van der Waals surface area contributed by atoms with E-state index in [0.29, 0.717) is 0 Å². The molecular formula is C9H22Cl2N2. The second-order valence-corrected chi connectivity index (χ2v) is 3.15. The Morgan fingerprint density at radius 1 is 0.923 bits per heavy atom. The van der Waals surface area contributed by atoms with E-state index in [2.05, 4.69) is 23.9 Å². The van der Waals surface area contributed by atoms with E-state index < -0.39 is 0 Å². The predicted molar refractivity (Wildman–Crippen MR) is 62.8 cm³/mol. The van der Waals surface area contributed by atoms with E-state index in [-0.39, 0.29) is 24.8 Å². The van der Waals surface area contributed by atoms with Crippen LogP contribution in [0.3, 0.4) is 0 Å². The SMILES string of the molecule is CCN(CC)N1CCCCC1.Cl.Cl. The van der Waals surface area contributed by atoms with E-state index in [9.17, 15) is 0 Å². The molecule has 0 radical (unpaired) electrons. The van der Waals surface area contributed by atoms with Gasteiger partial charge in [0.2, 0.25) is 0 Å². The quantitative estimate of drug-likeness (QED) is 0.733. The van der Waals surface area contributed by atoms with Crippen molar-refractivity contribution >= 4 is 24.8 Å². The van der Waals surface area contributed by atoms with Crippen molar-refractivity contribution in [2.24, 2.45) is 0 Å². The maximum absolute atomic E-state index is 2.50. The molecule has 0 bridgehead atoms. The summed E-state index contributed by atoms with van der Waals surface area (Å²) in [5.41, 5.74) is 0. The third-order valence-corrected chi connectivity index (χ3v) is 2.46. The fourth-order valence-corrected chi connectivity index (χ4v) is 1.78. The molecular weight excluding hydrogens is 207 g/mol. The van der Waals surface area contributed by atoms with Gasteiger partial charge in [-0.15, -0.1) is 24.8 Å². The van der Waals surface area contributed by atoms with E-state index in [4.69, 9.17) is 0 Å². The Hall–Kier alpha value is 0.500. The number of hydrogen-bond donors (Lipinski definition) is 0. The van der Waals surface area contributed by atoms with Gasteiger partial charge in [0, 0.05) is 26.2 Å². The summed E-state index contributed by atoms with van der Waals surface area (Å²) in [7, 11) is 0. The summed E-state index contributed by atoms with van der Waals surface area (Å²) in [4.78, 5) is 0. The van der Waals surface area contributed by atoms with Crippen molar-refractivity contribution in [3.05, 3.63) is 0 Å². The molecule has 0 atom stereocenters. The van der Waals surface area contributed by atoms with Gasteiger partial charge in [-0.1, -0.05) is 20.3 Å². The second kappa shape index (κ2) is 9.07. The Morgan fingerprint density at radius 3 is 1.77 bits per heavy atom. The van der Waals surface area contributed by atoms with Crippen LogP contribution in [0, 0.1) is 0 Å². The average molecular weight is 229 g/mol. The molecule has 0 N–H and O–H groups in total. The minimum atomic E-state index is 0. The third-order valence-electron chi connectivity index (χ3n) is 2.46. The van der Waals surface area contributed by atoms with Crippen LogP contribution in [0.5, 0.6) is 0 Å². The molecule has 0 unspecified atom stereocenters. The zero-order chi connectivity index (χ0) is 8.10. The molecule has 2 nitrogen and oxygen atoms in total. The molecule has 13 heavy (non-hydrogen) atoms. The van der Waals surface area contributed by atoms with Crippen LogP contribution in [0.1, 0.15) is 33.1 Å². The van der Waals surface area contributed by atoms with Gasteiger partial charge in [0.1, 0.15) is 0 Å². The van der Waals surface area contributed by atoms with Crippen LogP contribution in [0.25, 0.3) is 0 Å². The van der Waals surface area contributed by atoms with Crippen LogP contribution < -0.4 is 0 Å². The van der Waals surface area contributed by atoms with Gasteiger partial charge in [-0.2, -0.15) is 0 Å². The Labute approximate surface area is 94.4 Å². The topological polar surface area (TPSA) is 6.48 Å². The van der Waals surface area contributed by atoms with Gasteiger partial charge in [-0.3, -0.25) is 0 Å². The molecule has 1 saturated heterocycles. The Balaban J connectivity index is 0. The van der Waals surface area contributed by atoms with Crippen molar-refractivity contribution in [3.8, 4) is 0 Å². The highest BCUT2D eigenvalue weighted by Gasteiger charge is 2.14. The summed E-state index contributed by atoms with van der Waals surface area (Å²) in [5, 5.41) is 4.95. The highest BCUT2D eigenvalue weighted by atomic mass is 35.5. The van der Waals surface area contributed by atoms with E-state index in [0.717, 1.165) is 13.1 Å². The monoisotopic (exact) mass is 228 g/mol. The second-order valence-electron chi connectivity index (χ2n) is 3.15. The fraction of sp³-hybridized carbons (Fsp3) is 1.00. The highest BCUT2D eigenvalue weighted by molar-refractivity contribution is 5.85. The number of piperidine rings is 1. The lowest BCUT2D eigenvalue weighted by Gasteiger charge is -2.36. The molecule has 1 heterocycles. The molecule has 0 aromatic rings. The van der Waals surface area contributed by atoms with Crippen LogP contribution in [-0.2, 0) is 0 Å². The van der Waals surface area contributed by atoms with Crippen molar-refractivity contribution in [2.45, 2.75) is 33.1 Å². The number of hydrazine groups is 1. The molecule has 1 aliphatic rings. The normalized spacial score (nSPS) is 17.8. The van der Waals surface area contributed by atoms with Gasteiger partial charge in [-0.25, -0.2) is 10.0 Å². The fourth-order valence-electron chi connectivity index (χ4n) is 1.78. The van der Waals surface area contributed by atoms with Crippen molar-refractivity contribution in [3.63, 3.8) is 0 Å². The zero-order valence-electron chi connectivity index (χ0n) is 8.66. The molecule has 1 fully saturated rings. The van der Waals surface area contributed by atoms with Gasteiger partial charge in [-0.05, 0) is 12.8 Å². The van der Waals surface area contributed by atoms with E-state index in [1.54, 1.807) is 0 Å². The van der Waals surface area contributed by atoms with E-state index >= 15 is 0 Å². The first-order chi connectivity index (χ1) is 5.38. The summed E-state index contributed by atoms with van der Waals surface area (Å²) in [6.45, 7) is 9.35. The third kappa shape index (κ3) is 5.06. The molecule has 0 aromatic carbocycles. The van der Waals surface area contributed by atoms with Crippen LogP contribution >= 0.6 is 24.8 Å². The van der Waals surface area contributed by atoms with Gasteiger partial charge < -0.3 is 0 Å². The highest BCUT2D eigenvalue weighted by Crippen LogP contribution is 2.10. The molecule has 0 saturated carbocycles. The Bertz CT molecular complexity index is 102. The van der Waals surface area contributed by atoms with Crippen LogP contribution in [-0.4, -0.2) is 36.2 Å². The van der Waals surface area contributed by atoms with E-state index in [1.807, 2.05) is 0 Å². The molecule has 1 rings (SSSR count). The number of nitrogens with zero attached hydrogens (tertiary/aromatic N) is 2. The van der Waals surface area contributed by atoms with Crippen LogP contribution in [0.15, 0.2) is 0 Å². The van der Waals surface area contributed by atoms with Gasteiger partial charge >= 0.3 is 0 Å². The number of rotatable bonds is 3. The lowest BCUT2D eigenvalue weighted by Crippen LogP contribution is -2.45. The molecule has 0 aromatic heterocycles. The molecule has 0 spiro atoms. The number of halogens is 2. The molecule has 0 aliphatic carbocycles. The zero-order valence-corrected chi connectivity index (χ0v) is 10.3. The summed E-state index contributed by atoms with van der Waals surface area (Å²) in [6.07, 6.45) is 4.20. The predicted octanol–water partition coefficient (Wildman–Crippen LogP) is 2.57. The Kier molecular flexibility index (Phi) is 11.1. The summed E-state index contributed by atoms with van der Waals surface area (Å²) in [6, 6.07) is 0. The maximum Gasteiger partial charge on any atom is 0.0133 e. The summed E-state index contributed by atoms with van der Waals surface area (Å²) >= 11 is 0.